The van der Waals surface area contributed by atoms with Gasteiger partial charge in [0.1, 0.15) is 11.8 Å². The normalized spacial score (nSPS) is 17.0. The van der Waals surface area contributed by atoms with E-state index >= 15 is 0 Å². The van der Waals surface area contributed by atoms with Crippen LogP contribution in [0.3, 0.4) is 0 Å². The van der Waals surface area contributed by atoms with Gasteiger partial charge in [0.2, 0.25) is 0 Å². The number of hydrogen-bond acceptors (Lipinski definition) is 3. The molecule has 0 spiro atoms. The fourth-order valence-electron chi connectivity index (χ4n) is 3.13. The number of benzene rings is 2. The minimum Gasteiger partial charge on any atom is -0.463 e. The fourth-order valence-corrected chi connectivity index (χ4v) is 3.13. The Kier molecular flexibility index (Phi) is 2.98. The van der Waals surface area contributed by atoms with Gasteiger partial charge in [0.25, 0.3) is 5.91 Å². The molecule has 1 amide bonds. The number of para-hydroxylation sites is 2. The van der Waals surface area contributed by atoms with E-state index in [9.17, 15) is 9.90 Å². The van der Waals surface area contributed by atoms with Gasteiger partial charge in [0.05, 0.1) is 12.2 Å². The Morgan fingerprint density at radius 1 is 1.18 bits per heavy atom. The summed E-state index contributed by atoms with van der Waals surface area (Å²) in [4.78, 5) is 14.7. The second-order valence-corrected chi connectivity index (χ2v) is 5.50. The number of carbonyl (C=O) groups excluding carboxylic acids is 1. The molecule has 3 aromatic rings. The van der Waals surface area contributed by atoms with Crippen LogP contribution in [0.25, 0.3) is 11.0 Å². The number of hydrogen-bond donors (Lipinski definition) is 1. The maximum Gasteiger partial charge on any atom is 0.262 e. The summed E-state index contributed by atoms with van der Waals surface area (Å²) in [6.45, 7) is 0.529. The van der Waals surface area contributed by atoms with Crippen molar-refractivity contribution in [2.45, 2.75) is 5.92 Å². The SMILES string of the molecule is O=C(c1coc2ccccc12)N1CC(CO)c2ccccc21. The molecule has 1 unspecified atom stereocenters. The molecule has 1 N–H and O–H groups in total. The maximum absolute atomic E-state index is 12.9. The first-order valence-electron chi connectivity index (χ1n) is 7.27. The predicted octanol–water partition coefficient (Wildman–Crippen LogP) is 3.17. The van der Waals surface area contributed by atoms with Gasteiger partial charge >= 0.3 is 0 Å². The van der Waals surface area contributed by atoms with Gasteiger partial charge < -0.3 is 14.4 Å². The first-order valence-corrected chi connectivity index (χ1v) is 7.27. The van der Waals surface area contributed by atoms with Crippen LogP contribution in [0.2, 0.25) is 0 Å². The number of rotatable bonds is 2. The first-order chi connectivity index (χ1) is 10.8. The van der Waals surface area contributed by atoms with Crippen molar-refractivity contribution < 1.29 is 14.3 Å². The van der Waals surface area contributed by atoms with Crippen molar-refractivity contribution >= 4 is 22.6 Å². The van der Waals surface area contributed by atoms with Crippen molar-refractivity contribution in [2.24, 2.45) is 0 Å². The minimum absolute atomic E-state index is 0.0293. The Bertz CT molecular complexity index is 852. The molecule has 4 rings (SSSR count). The van der Waals surface area contributed by atoms with Gasteiger partial charge in [-0.3, -0.25) is 4.79 Å². The van der Waals surface area contributed by atoms with Crippen LogP contribution < -0.4 is 4.90 Å². The number of carbonyl (C=O) groups is 1. The zero-order valence-electron chi connectivity index (χ0n) is 11.9. The van der Waals surface area contributed by atoms with Crippen molar-refractivity contribution in [3.05, 3.63) is 65.9 Å². The third-order valence-electron chi connectivity index (χ3n) is 4.25. The molecule has 0 radical (unpaired) electrons. The molecule has 2 heterocycles. The van der Waals surface area contributed by atoms with Crippen LogP contribution in [0.5, 0.6) is 0 Å². The molecular weight excluding hydrogens is 278 g/mol. The average Bonchev–Trinajstić information content (AvgIpc) is 3.16. The molecule has 4 nitrogen and oxygen atoms in total. The van der Waals surface area contributed by atoms with Crippen LogP contribution in [0, 0.1) is 0 Å². The zero-order chi connectivity index (χ0) is 15.1. The Hall–Kier alpha value is -2.59. The van der Waals surface area contributed by atoms with E-state index in [0.717, 1.165) is 16.6 Å². The highest BCUT2D eigenvalue weighted by Gasteiger charge is 2.33. The van der Waals surface area contributed by atoms with Gasteiger partial charge in [-0.2, -0.15) is 0 Å². The number of fused-ring (bicyclic) bond motifs is 2. The molecular formula is C18H15NO3. The smallest absolute Gasteiger partial charge is 0.262 e. The molecule has 0 bridgehead atoms. The van der Waals surface area contributed by atoms with Gasteiger partial charge in [-0.05, 0) is 17.7 Å². The topological polar surface area (TPSA) is 53.7 Å². The standard InChI is InChI=1S/C18H15NO3/c20-10-12-9-19(16-7-3-1-5-13(12)16)18(21)15-11-22-17-8-4-2-6-14(15)17/h1-8,11-12,20H,9-10H2. The molecule has 0 saturated carbocycles. The lowest BCUT2D eigenvalue weighted by molar-refractivity contribution is 0.0987. The van der Waals surface area contributed by atoms with E-state index in [1.807, 2.05) is 48.5 Å². The molecule has 1 aliphatic heterocycles. The first kappa shape index (κ1) is 13.1. The molecule has 0 aliphatic carbocycles. The van der Waals surface area contributed by atoms with Crippen molar-refractivity contribution in [3.63, 3.8) is 0 Å². The van der Waals surface area contributed by atoms with E-state index in [2.05, 4.69) is 0 Å². The highest BCUT2D eigenvalue weighted by Crippen LogP contribution is 2.37. The third-order valence-corrected chi connectivity index (χ3v) is 4.25. The van der Waals surface area contributed by atoms with Gasteiger partial charge in [0.15, 0.2) is 0 Å². The number of aliphatic hydroxyl groups excluding tert-OH is 1. The van der Waals surface area contributed by atoms with E-state index in [1.54, 1.807) is 4.90 Å². The summed E-state index contributed by atoms with van der Waals surface area (Å²) in [5.41, 5.74) is 3.16. The largest absolute Gasteiger partial charge is 0.463 e. The van der Waals surface area contributed by atoms with E-state index in [-0.39, 0.29) is 18.4 Å². The van der Waals surface area contributed by atoms with E-state index in [4.69, 9.17) is 4.42 Å². The predicted molar refractivity (Wildman–Crippen MR) is 84.2 cm³/mol. The molecule has 110 valence electrons. The highest BCUT2D eigenvalue weighted by atomic mass is 16.3. The molecule has 1 aromatic heterocycles. The maximum atomic E-state index is 12.9. The van der Waals surface area contributed by atoms with Crippen molar-refractivity contribution in [3.8, 4) is 0 Å². The summed E-state index contributed by atoms with van der Waals surface area (Å²) in [6, 6.07) is 15.2. The van der Waals surface area contributed by atoms with Crippen LogP contribution in [-0.4, -0.2) is 24.2 Å². The third kappa shape index (κ3) is 1.84. The Morgan fingerprint density at radius 3 is 2.82 bits per heavy atom. The summed E-state index contributed by atoms with van der Waals surface area (Å²) in [5.74, 6) is -0.119. The van der Waals surface area contributed by atoms with Crippen LogP contribution in [0.15, 0.2) is 59.2 Å². The minimum atomic E-state index is -0.0895. The Morgan fingerprint density at radius 2 is 1.95 bits per heavy atom. The van der Waals surface area contributed by atoms with Crippen LogP contribution in [0.4, 0.5) is 5.69 Å². The second-order valence-electron chi connectivity index (χ2n) is 5.50. The Labute approximate surface area is 127 Å². The molecule has 1 atom stereocenters. The van der Waals surface area contributed by atoms with Crippen molar-refractivity contribution in [1.82, 2.24) is 0 Å². The number of nitrogens with zero attached hydrogens (tertiary/aromatic N) is 1. The van der Waals surface area contributed by atoms with Crippen LogP contribution >= 0.6 is 0 Å². The highest BCUT2D eigenvalue weighted by molar-refractivity contribution is 6.14. The number of furan rings is 1. The molecule has 22 heavy (non-hydrogen) atoms. The van der Waals surface area contributed by atoms with Crippen LogP contribution in [0.1, 0.15) is 21.8 Å². The summed E-state index contributed by atoms with van der Waals surface area (Å²) in [7, 11) is 0. The van der Waals surface area contributed by atoms with E-state index in [1.165, 1.54) is 6.26 Å². The summed E-state index contributed by atoms with van der Waals surface area (Å²) < 4.78 is 5.47. The van der Waals surface area contributed by atoms with Crippen LogP contribution in [-0.2, 0) is 0 Å². The van der Waals surface area contributed by atoms with Gasteiger partial charge in [-0.1, -0.05) is 36.4 Å². The van der Waals surface area contributed by atoms with Crippen molar-refractivity contribution in [2.75, 3.05) is 18.1 Å². The quantitative estimate of drug-likeness (QED) is 0.789. The summed E-state index contributed by atoms with van der Waals surface area (Å²) in [5, 5.41) is 10.4. The number of amides is 1. The van der Waals surface area contributed by atoms with E-state index in [0.29, 0.717) is 17.7 Å². The van der Waals surface area contributed by atoms with E-state index < -0.39 is 0 Å². The van der Waals surface area contributed by atoms with Gasteiger partial charge in [-0.25, -0.2) is 0 Å². The van der Waals surface area contributed by atoms with Crippen molar-refractivity contribution in [1.29, 1.82) is 0 Å². The molecule has 2 aromatic carbocycles. The average molecular weight is 293 g/mol. The monoisotopic (exact) mass is 293 g/mol. The number of aliphatic hydroxyl groups is 1. The molecule has 4 heteroatoms. The van der Waals surface area contributed by atoms with Gasteiger partial charge in [-0.15, -0.1) is 0 Å². The lowest BCUT2D eigenvalue weighted by Gasteiger charge is -2.17. The summed E-state index contributed by atoms with van der Waals surface area (Å²) in [6.07, 6.45) is 1.52. The molecule has 0 fully saturated rings. The summed E-state index contributed by atoms with van der Waals surface area (Å²) >= 11 is 0. The Balaban J connectivity index is 1.78. The molecule has 0 saturated heterocycles. The zero-order valence-corrected chi connectivity index (χ0v) is 11.9. The fraction of sp³-hybridized carbons (Fsp3) is 0.167. The second kappa shape index (κ2) is 5.00. The number of anilines is 1. The lowest BCUT2D eigenvalue weighted by atomic mass is 10.0. The van der Waals surface area contributed by atoms with Gasteiger partial charge in [0, 0.05) is 23.5 Å². The molecule has 1 aliphatic rings. The lowest BCUT2D eigenvalue weighted by Crippen LogP contribution is -2.30.